The van der Waals surface area contributed by atoms with Crippen molar-refractivity contribution < 1.29 is 9.53 Å². The van der Waals surface area contributed by atoms with Gasteiger partial charge in [0, 0.05) is 18.7 Å². The van der Waals surface area contributed by atoms with E-state index < -0.39 is 0 Å². The third kappa shape index (κ3) is 4.07. The van der Waals surface area contributed by atoms with Crippen molar-refractivity contribution in [2.75, 3.05) is 12.9 Å². The molecule has 0 aliphatic carbocycles. The van der Waals surface area contributed by atoms with Crippen LogP contribution in [-0.2, 0) is 11.3 Å². The number of carbonyl (C=O) groups excluding carboxylic acids is 1. The van der Waals surface area contributed by atoms with Gasteiger partial charge in [-0.2, -0.15) is 5.10 Å². The van der Waals surface area contributed by atoms with Gasteiger partial charge in [0.15, 0.2) is 10.8 Å². The van der Waals surface area contributed by atoms with Crippen LogP contribution in [0.1, 0.15) is 29.2 Å². The first-order chi connectivity index (χ1) is 16.4. The molecule has 0 saturated heterocycles. The summed E-state index contributed by atoms with van der Waals surface area (Å²) in [5.41, 5.74) is 4.57. The number of aryl methyl sites for hydroxylation is 2. The molecule has 9 heteroatoms. The first kappa shape index (κ1) is 22.2. The minimum absolute atomic E-state index is 0.105. The van der Waals surface area contributed by atoms with Gasteiger partial charge in [-0.3, -0.25) is 14.2 Å². The van der Waals surface area contributed by atoms with E-state index in [2.05, 4.69) is 17.3 Å². The Hall–Kier alpha value is -3.59. The Morgan fingerprint density at radius 2 is 1.97 bits per heavy atom. The summed E-state index contributed by atoms with van der Waals surface area (Å²) in [6, 6.07) is 13.4. The summed E-state index contributed by atoms with van der Waals surface area (Å²) in [6.07, 6.45) is 1.78. The van der Waals surface area contributed by atoms with E-state index in [-0.39, 0.29) is 23.9 Å². The lowest BCUT2D eigenvalue weighted by molar-refractivity contribution is -0.121. The van der Waals surface area contributed by atoms with Crippen molar-refractivity contribution in [3.63, 3.8) is 0 Å². The monoisotopic (exact) mass is 475 g/mol. The van der Waals surface area contributed by atoms with Gasteiger partial charge in [-0.25, -0.2) is 9.67 Å². The zero-order valence-corrected chi connectivity index (χ0v) is 20.1. The number of rotatable bonds is 6. The molecule has 174 valence electrons. The molecule has 8 nitrogen and oxygen atoms in total. The number of ether oxygens (including phenoxy) is 1. The van der Waals surface area contributed by atoms with E-state index >= 15 is 0 Å². The number of methoxy groups -OCH3 is 1. The van der Waals surface area contributed by atoms with E-state index in [1.807, 2.05) is 49.4 Å². The van der Waals surface area contributed by atoms with Crippen LogP contribution in [0.15, 0.2) is 58.6 Å². The van der Waals surface area contributed by atoms with Crippen molar-refractivity contribution in [1.29, 1.82) is 0 Å². The van der Waals surface area contributed by atoms with Crippen LogP contribution < -0.4 is 15.6 Å². The molecule has 0 bridgehead atoms. The van der Waals surface area contributed by atoms with Crippen LogP contribution in [0.25, 0.3) is 16.7 Å². The second kappa shape index (κ2) is 8.98. The largest absolute Gasteiger partial charge is 0.497 e. The van der Waals surface area contributed by atoms with Gasteiger partial charge >= 0.3 is 0 Å². The molecule has 1 aliphatic rings. The quantitative estimate of drug-likeness (QED) is 0.429. The summed E-state index contributed by atoms with van der Waals surface area (Å²) < 4.78 is 8.51. The highest BCUT2D eigenvalue weighted by molar-refractivity contribution is 7.99. The molecule has 1 N–H and O–H groups in total. The smallest absolute Gasteiger partial charge is 0.265 e. The van der Waals surface area contributed by atoms with Crippen molar-refractivity contribution >= 4 is 28.7 Å². The molecule has 2 aromatic heterocycles. The van der Waals surface area contributed by atoms with Crippen molar-refractivity contribution in [2.45, 2.75) is 38.0 Å². The van der Waals surface area contributed by atoms with E-state index in [1.54, 1.807) is 22.6 Å². The Labute approximate surface area is 201 Å². The average molecular weight is 476 g/mol. The standard InChI is InChI=1S/C25H25N5O3S/c1-15-4-7-18(10-16(15)2)30-23-21(13-27-30)24(32)29-19(14-34-25(29)28-23)11-22(31)26-12-17-5-8-20(33-3)9-6-17/h4-10,13,19H,11-12,14H2,1-3H3,(H,26,31). The zero-order valence-electron chi connectivity index (χ0n) is 19.2. The fourth-order valence-corrected chi connectivity index (χ4v) is 5.19. The predicted molar refractivity (Wildman–Crippen MR) is 132 cm³/mol. The van der Waals surface area contributed by atoms with Crippen LogP contribution in [0.4, 0.5) is 0 Å². The first-order valence-corrected chi connectivity index (χ1v) is 12.0. The van der Waals surface area contributed by atoms with Crippen molar-refractivity contribution in [3.8, 4) is 11.4 Å². The molecule has 1 atom stereocenters. The minimum Gasteiger partial charge on any atom is -0.497 e. The van der Waals surface area contributed by atoms with Crippen LogP contribution in [0, 0.1) is 13.8 Å². The van der Waals surface area contributed by atoms with E-state index in [4.69, 9.17) is 9.72 Å². The number of hydrogen-bond acceptors (Lipinski definition) is 6. The molecule has 0 spiro atoms. The highest BCUT2D eigenvalue weighted by atomic mass is 32.2. The number of aromatic nitrogens is 4. The Morgan fingerprint density at radius 3 is 2.71 bits per heavy atom. The van der Waals surface area contributed by atoms with Gasteiger partial charge in [0.05, 0.1) is 25.0 Å². The van der Waals surface area contributed by atoms with Crippen LogP contribution in [0.2, 0.25) is 0 Å². The van der Waals surface area contributed by atoms with Gasteiger partial charge in [-0.15, -0.1) is 0 Å². The fourth-order valence-electron chi connectivity index (χ4n) is 4.06. The lowest BCUT2D eigenvalue weighted by Crippen LogP contribution is -2.30. The average Bonchev–Trinajstić information content (AvgIpc) is 3.45. The normalized spacial score (nSPS) is 14.9. The summed E-state index contributed by atoms with van der Waals surface area (Å²) >= 11 is 1.50. The molecular formula is C25H25N5O3S. The lowest BCUT2D eigenvalue weighted by atomic mass is 10.1. The Kier molecular flexibility index (Phi) is 5.87. The summed E-state index contributed by atoms with van der Waals surface area (Å²) in [5, 5.41) is 8.46. The van der Waals surface area contributed by atoms with Crippen molar-refractivity contribution in [3.05, 3.63) is 75.7 Å². The van der Waals surface area contributed by atoms with Crippen LogP contribution >= 0.6 is 11.8 Å². The van der Waals surface area contributed by atoms with Crippen LogP contribution in [-0.4, -0.2) is 38.1 Å². The highest BCUT2D eigenvalue weighted by Gasteiger charge is 2.29. The second-order valence-corrected chi connectivity index (χ2v) is 9.41. The van der Waals surface area contributed by atoms with Gasteiger partial charge in [-0.1, -0.05) is 30.0 Å². The molecule has 1 aliphatic heterocycles. The van der Waals surface area contributed by atoms with Gasteiger partial charge in [0.1, 0.15) is 11.1 Å². The molecule has 0 saturated carbocycles. The number of nitrogens with zero attached hydrogens (tertiary/aromatic N) is 4. The van der Waals surface area contributed by atoms with E-state index in [0.29, 0.717) is 28.5 Å². The number of fused-ring (bicyclic) bond motifs is 2. The molecule has 0 fully saturated rings. The highest BCUT2D eigenvalue weighted by Crippen LogP contribution is 2.33. The van der Waals surface area contributed by atoms with Crippen molar-refractivity contribution in [1.82, 2.24) is 24.6 Å². The molecule has 0 radical (unpaired) electrons. The van der Waals surface area contributed by atoms with E-state index in [9.17, 15) is 9.59 Å². The third-order valence-electron chi connectivity index (χ3n) is 6.18. The maximum absolute atomic E-state index is 13.3. The van der Waals surface area contributed by atoms with Gasteiger partial charge < -0.3 is 10.1 Å². The minimum atomic E-state index is -0.245. The van der Waals surface area contributed by atoms with Crippen molar-refractivity contribution in [2.24, 2.45) is 0 Å². The van der Waals surface area contributed by atoms with Gasteiger partial charge in [0.2, 0.25) is 5.91 Å². The Balaban J connectivity index is 1.36. The number of nitrogens with one attached hydrogen (secondary N) is 1. The molecule has 1 unspecified atom stereocenters. The number of amides is 1. The SMILES string of the molecule is COc1ccc(CNC(=O)CC2CSc3nc4c(cnn4-c4ccc(C)c(C)c4)c(=O)n32)cc1. The molecular weight excluding hydrogens is 450 g/mol. The first-order valence-electron chi connectivity index (χ1n) is 11.0. The summed E-state index contributed by atoms with van der Waals surface area (Å²) in [6.45, 7) is 4.52. The topological polar surface area (TPSA) is 91.0 Å². The van der Waals surface area contributed by atoms with E-state index in [0.717, 1.165) is 22.6 Å². The van der Waals surface area contributed by atoms with Crippen LogP contribution in [0.5, 0.6) is 5.75 Å². The fraction of sp³-hybridized carbons (Fsp3) is 0.280. The number of carbonyl (C=O) groups is 1. The Morgan fingerprint density at radius 1 is 1.18 bits per heavy atom. The van der Waals surface area contributed by atoms with Gasteiger partial charge in [0.25, 0.3) is 5.56 Å². The zero-order chi connectivity index (χ0) is 23.8. The molecule has 2 aromatic carbocycles. The number of hydrogen-bond donors (Lipinski definition) is 1. The predicted octanol–water partition coefficient (Wildman–Crippen LogP) is 3.56. The van der Waals surface area contributed by atoms with Crippen LogP contribution in [0.3, 0.4) is 0 Å². The summed E-state index contributed by atoms with van der Waals surface area (Å²) in [4.78, 5) is 30.7. The summed E-state index contributed by atoms with van der Waals surface area (Å²) in [5.74, 6) is 1.29. The second-order valence-electron chi connectivity index (χ2n) is 8.43. The van der Waals surface area contributed by atoms with Gasteiger partial charge in [-0.05, 0) is 54.8 Å². The molecule has 1 amide bonds. The maximum atomic E-state index is 13.3. The lowest BCUT2D eigenvalue weighted by Gasteiger charge is -2.14. The third-order valence-corrected chi connectivity index (χ3v) is 7.27. The molecule has 5 rings (SSSR count). The summed E-state index contributed by atoms with van der Waals surface area (Å²) in [7, 11) is 1.62. The molecule has 3 heterocycles. The number of thioether (sulfide) groups is 1. The Bertz CT molecular complexity index is 1440. The molecule has 4 aromatic rings. The van der Waals surface area contributed by atoms with E-state index in [1.165, 1.54) is 17.3 Å². The molecule has 34 heavy (non-hydrogen) atoms. The number of benzene rings is 2. The maximum Gasteiger partial charge on any atom is 0.265 e.